The summed E-state index contributed by atoms with van der Waals surface area (Å²) >= 11 is 0. The maximum absolute atomic E-state index is 10.9. The van der Waals surface area contributed by atoms with Crippen LogP contribution in [0.3, 0.4) is 0 Å². The predicted octanol–water partition coefficient (Wildman–Crippen LogP) is 1.40. The molecule has 0 aromatic heterocycles. The molecule has 0 N–H and O–H groups in total. The predicted molar refractivity (Wildman–Crippen MR) is 88.0 cm³/mol. The van der Waals surface area contributed by atoms with E-state index in [0.29, 0.717) is 0 Å². The lowest BCUT2D eigenvalue weighted by Gasteiger charge is -1.91. The fourth-order valence-electron chi connectivity index (χ4n) is 0.656. The second-order valence-corrected chi connectivity index (χ2v) is 2.85. The zero-order valence-electron chi connectivity index (χ0n) is 11.5. The number of carbonyl (C=O) groups excluding carboxylic acids is 1. The second-order valence-electron chi connectivity index (χ2n) is 2.85. The molecule has 0 rings (SSSR count). The SMILES string of the molecule is C.C=C(C#CC#CC#CC#CC#CC#CC#CC)C(=O)OC. The van der Waals surface area contributed by atoms with Gasteiger partial charge in [-0.15, -0.1) is 0 Å². The summed E-state index contributed by atoms with van der Waals surface area (Å²) in [6.45, 7) is 5.10. The molecule has 2 nitrogen and oxygen atoms in total. The quantitative estimate of drug-likeness (QED) is 0.413. The van der Waals surface area contributed by atoms with E-state index >= 15 is 0 Å². The fourth-order valence-corrected chi connectivity index (χ4v) is 0.656. The van der Waals surface area contributed by atoms with Gasteiger partial charge in [0.25, 0.3) is 0 Å². The first-order valence-corrected chi connectivity index (χ1v) is 5.42. The van der Waals surface area contributed by atoms with E-state index < -0.39 is 5.97 Å². The highest BCUT2D eigenvalue weighted by atomic mass is 16.5. The van der Waals surface area contributed by atoms with Crippen molar-refractivity contribution in [1.29, 1.82) is 0 Å². The van der Waals surface area contributed by atoms with Gasteiger partial charge in [-0.2, -0.15) is 0 Å². The van der Waals surface area contributed by atoms with E-state index in [1.54, 1.807) is 6.92 Å². The normalized spacial score (nSPS) is 5.00. The Bertz CT molecular complexity index is 852. The zero-order valence-corrected chi connectivity index (χ0v) is 11.5. The number of ether oxygens (including phenoxy) is 1. The van der Waals surface area contributed by atoms with Gasteiger partial charge in [0, 0.05) is 0 Å². The Kier molecular flexibility index (Phi) is 14.1. The number of carbonyl (C=O) groups is 1. The van der Waals surface area contributed by atoms with Gasteiger partial charge in [0.2, 0.25) is 0 Å². The van der Waals surface area contributed by atoms with Crippen molar-refractivity contribution >= 4 is 5.97 Å². The molecular weight excluding hydrogens is 272 g/mol. The first kappa shape index (κ1) is 20.4. The molecule has 0 bridgehead atoms. The van der Waals surface area contributed by atoms with Crippen molar-refractivity contribution in [3.63, 3.8) is 0 Å². The molecule has 0 spiro atoms. The van der Waals surface area contributed by atoms with Crippen LogP contribution in [0.1, 0.15) is 14.4 Å². The van der Waals surface area contributed by atoms with Crippen molar-refractivity contribution in [1.82, 2.24) is 0 Å². The standard InChI is InChI=1S/C19H8O2.CH4/c1-4-5-6-7-8-9-10-11-12-13-14-15-16-17-18(2)19(20)21-3;/h2H2,1,3H3;1H4. The minimum absolute atomic E-state index is 0. The molecule has 22 heavy (non-hydrogen) atoms. The van der Waals surface area contributed by atoms with E-state index in [1.165, 1.54) is 7.11 Å². The number of methoxy groups -OCH3 is 1. The molecule has 0 fully saturated rings. The number of esters is 1. The molecule has 0 aliphatic heterocycles. The summed E-state index contributed by atoms with van der Waals surface area (Å²) in [6, 6.07) is 0. The Morgan fingerprint density at radius 3 is 1.50 bits per heavy atom. The summed E-state index contributed by atoms with van der Waals surface area (Å²) in [4.78, 5) is 10.9. The molecule has 0 aliphatic carbocycles. The van der Waals surface area contributed by atoms with Crippen LogP contribution in [-0.4, -0.2) is 13.1 Å². The molecule has 0 amide bonds. The lowest BCUT2D eigenvalue weighted by Crippen LogP contribution is -2.00. The van der Waals surface area contributed by atoms with Crippen molar-refractivity contribution in [3.05, 3.63) is 12.2 Å². The molecule has 0 aromatic rings. The van der Waals surface area contributed by atoms with Gasteiger partial charge < -0.3 is 4.74 Å². The molecule has 0 heterocycles. The summed E-state index contributed by atoms with van der Waals surface area (Å²) in [7, 11) is 1.25. The highest BCUT2D eigenvalue weighted by Crippen LogP contribution is 1.88. The molecule has 0 atom stereocenters. The van der Waals surface area contributed by atoms with Gasteiger partial charge in [0.05, 0.1) is 7.11 Å². The minimum Gasteiger partial charge on any atom is -0.465 e. The monoisotopic (exact) mass is 284 g/mol. The second kappa shape index (κ2) is 15.2. The Morgan fingerprint density at radius 2 is 1.14 bits per heavy atom. The van der Waals surface area contributed by atoms with Gasteiger partial charge in [0.1, 0.15) is 5.57 Å². The van der Waals surface area contributed by atoms with Crippen LogP contribution >= 0.6 is 0 Å². The van der Waals surface area contributed by atoms with Gasteiger partial charge in [-0.25, -0.2) is 4.79 Å². The molecular formula is C20H12O2. The van der Waals surface area contributed by atoms with E-state index in [2.05, 4.69) is 94.2 Å². The lowest BCUT2D eigenvalue weighted by molar-refractivity contribution is -0.135. The van der Waals surface area contributed by atoms with E-state index in [-0.39, 0.29) is 13.0 Å². The summed E-state index contributed by atoms with van der Waals surface area (Å²) in [5.74, 6) is 34.1. The molecule has 0 unspecified atom stereocenters. The van der Waals surface area contributed by atoms with E-state index in [9.17, 15) is 4.79 Å². The third kappa shape index (κ3) is 12.6. The van der Waals surface area contributed by atoms with Crippen LogP contribution in [0.4, 0.5) is 0 Å². The average molecular weight is 284 g/mol. The van der Waals surface area contributed by atoms with Crippen LogP contribution in [0, 0.1) is 82.9 Å². The van der Waals surface area contributed by atoms with Crippen LogP contribution in [0.15, 0.2) is 12.2 Å². The Balaban J connectivity index is 0. The summed E-state index contributed by atoms with van der Waals surface area (Å²) in [5, 5.41) is 0. The topological polar surface area (TPSA) is 26.3 Å². The summed E-state index contributed by atoms with van der Waals surface area (Å²) in [5.41, 5.74) is 0.0312. The average Bonchev–Trinajstić information content (AvgIpc) is 2.50. The fraction of sp³-hybridized carbons (Fsp3) is 0.150. The molecule has 0 saturated carbocycles. The first-order chi connectivity index (χ1) is 10.2. The van der Waals surface area contributed by atoms with Crippen LogP contribution in [0.25, 0.3) is 0 Å². The third-order valence-electron chi connectivity index (χ3n) is 1.46. The minimum atomic E-state index is -0.590. The Labute approximate surface area is 132 Å². The van der Waals surface area contributed by atoms with Gasteiger partial charge in [-0.05, 0) is 83.9 Å². The van der Waals surface area contributed by atoms with Gasteiger partial charge in [-0.3, -0.25) is 0 Å². The summed E-state index contributed by atoms with van der Waals surface area (Å²) < 4.78 is 4.41. The van der Waals surface area contributed by atoms with Gasteiger partial charge >= 0.3 is 5.97 Å². The van der Waals surface area contributed by atoms with Crippen LogP contribution in [0.5, 0.6) is 0 Å². The van der Waals surface area contributed by atoms with Crippen molar-refractivity contribution in [2.45, 2.75) is 14.4 Å². The molecule has 104 valence electrons. The van der Waals surface area contributed by atoms with E-state index in [0.717, 1.165) is 0 Å². The van der Waals surface area contributed by atoms with Crippen molar-refractivity contribution in [2.24, 2.45) is 0 Å². The molecule has 0 aliphatic rings. The van der Waals surface area contributed by atoms with Crippen molar-refractivity contribution in [2.75, 3.05) is 7.11 Å². The smallest absolute Gasteiger partial charge is 0.345 e. The Hall–Kier alpha value is -3.87. The van der Waals surface area contributed by atoms with E-state index in [1.807, 2.05) is 0 Å². The Morgan fingerprint density at radius 1 is 0.773 bits per heavy atom. The maximum atomic E-state index is 10.9. The highest BCUT2D eigenvalue weighted by Gasteiger charge is 2.00. The zero-order chi connectivity index (χ0) is 15.8. The highest BCUT2D eigenvalue weighted by molar-refractivity contribution is 5.92. The van der Waals surface area contributed by atoms with Crippen LogP contribution in [0.2, 0.25) is 0 Å². The third-order valence-corrected chi connectivity index (χ3v) is 1.46. The lowest BCUT2D eigenvalue weighted by atomic mass is 10.3. The largest absolute Gasteiger partial charge is 0.465 e. The van der Waals surface area contributed by atoms with E-state index in [4.69, 9.17) is 0 Å². The van der Waals surface area contributed by atoms with Crippen LogP contribution in [-0.2, 0) is 9.53 Å². The van der Waals surface area contributed by atoms with Crippen molar-refractivity contribution < 1.29 is 9.53 Å². The number of hydrogen-bond donors (Lipinski definition) is 0. The van der Waals surface area contributed by atoms with Crippen LogP contribution < -0.4 is 0 Å². The summed E-state index contributed by atoms with van der Waals surface area (Å²) in [6.07, 6.45) is 0. The maximum Gasteiger partial charge on any atom is 0.345 e. The number of hydrogen-bond acceptors (Lipinski definition) is 2. The molecule has 0 radical (unpaired) electrons. The molecule has 2 heteroatoms. The molecule has 0 saturated heterocycles. The molecule has 0 aromatic carbocycles. The van der Waals surface area contributed by atoms with Gasteiger partial charge in [0.15, 0.2) is 0 Å². The number of rotatable bonds is 1. The van der Waals surface area contributed by atoms with Gasteiger partial charge in [-0.1, -0.05) is 19.9 Å². The van der Waals surface area contributed by atoms with Crippen molar-refractivity contribution in [3.8, 4) is 82.9 Å². The first-order valence-electron chi connectivity index (χ1n) is 5.42.